The van der Waals surface area contributed by atoms with E-state index in [1.807, 2.05) is 89.5 Å². The predicted molar refractivity (Wildman–Crippen MR) is 118 cm³/mol. The number of methoxy groups -OCH3 is 1. The summed E-state index contributed by atoms with van der Waals surface area (Å²) in [5.41, 5.74) is 2.43. The van der Waals surface area contributed by atoms with Gasteiger partial charge in [0.2, 0.25) is 5.91 Å². The first-order chi connectivity index (χ1) is 14.8. The van der Waals surface area contributed by atoms with Crippen molar-refractivity contribution in [1.82, 2.24) is 14.8 Å². The topological polar surface area (TPSA) is 69.0 Å². The van der Waals surface area contributed by atoms with Crippen molar-refractivity contribution in [1.29, 1.82) is 0 Å². The Morgan fingerprint density at radius 2 is 1.63 bits per heavy atom. The van der Waals surface area contributed by atoms with Gasteiger partial charge < -0.3 is 10.1 Å². The van der Waals surface area contributed by atoms with Gasteiger partial charge in [-0.15, -0.1) is 10.2 Å². The number of nitrogens with one attached hydrogen (secondary N) is 1. The molecule has 0 aliphatic rings. The van der Waals surface area contributed by atoms with Gasteiger partial charge in [-0.05, 0) is 29.8 Å². The normalized spacial score (nSPS) is 11.6. The summed E-state index contributed by atoms with van der Waals surface area (Å²) in [5.74, 6) is 0.566. The summed E-state index contributed by atoms with van der Waals surface area (Å²) in [7, 11) is 1.62. The van der Waals surface area contributed by atoms with E-state index in [0.717, 1.165) is 16.9 Å². The van der Waals surface area contributed by atoms with Crippen molar-refractivity contribution in [2.45, 2.75) is 10.4 Å². The molecule has 0 aliphatic carbocycles. The zero-order chi connectivity index (χ0) is 20.8. The number of hydrogen-bond donors (Lipinski definition) is 1. The lowest BCUT2D eigenvalue weighted by atomic mass is 10.1. The van der Waals surface area contributed by atoms with Gasteiger partial charge in [0.05, 0.1) is 12.8 Å². The number of hydrogen-bond acceptors (Lipinski definition) is 5. The highest BCUT2D eigenvalue weighted by Crippen LogP contribution is 2.37. The van der Waals surface area contributed by atoms with Gasteiger partial charge in [-0.2, -0.15) is 0 Å². The fraction of sp³-hybridized carbons (Fsp3) is 0.0870. The molecular weight excluding hydrogens is 396 g/mol. The van der Waals surface area contributed by atoms with Gasteiger partial charge in [0.1, 0.15) is 17.3 Å². The van der Waals surface area contributed by atoms with Crippen LogP contribution in [-0.2, 0) is 4.79 Å². The quantitative estimate of drug-likeness (QED) is 0.441. The average Bonchev–Trinajstić information content (AvgIpc) is 3.26. The number of carbonyl (C=O) groups is 1. The van der Waals surface area contributed by atoms with Crippen LogP contribution in [0.25, 0.3) is 5.69 Å². The van der Waals surface area contributed by atoms with E-state index in [2.05, 4.69) is 15.5 Å². The van der Waals surface area contributed by atoms with Crippen LogP contribution in [0.1, 0.15) is 10.8 Å². The Morgan fingerprint density at radius 3 is 2.37 bits per heavy atom. The molecule has 0 saturated heterocycles. The predicted octanol–water partition coefficient (Wildman–Crippen LogP) is 4.75. The second-order valence-electron chi connectivity index (χ2n) is 6.42. The zero-order valence-corrected chi connectivity index (χ0v) is 17.1. The van der Waals surface area contributed by atoms with Gasteiger partial charge in [0, 0.05) is 5.69 Å². The minimum absolute atomic E-state index is 0.132. The molecule has 1 heterocycles. The summed E-state index contributed by atoms with van der Waals surface area (Å²) in [5, 5.41) is 11.4. The molecule has 0 spiro atoms. The SMILES string of the molecule is COc1ccccc1-n1cnnc1S[C@@H](C(=O)Nc1ccccc1)c1ccccc1. The molecule has 4 rings (SSSR count). The van der Waals surface area contributed by atoms with Crippen LogP contribution in [0.4, 0.5) is 5.69 Å². The Bertz CT molecular complexity index is 1120. The molecule has 150 valence electrons. The number of thioether (sulfide) groups is 1. The second kappa shape index (κ2) is 9.28. The summed E-state index contributed by atoms with van der Waals surface area (Å²) in [4.78, 5) is 13.2. The standard InChI is InChI=1S/C23H20N4O2S/c1-29-20-15-9-8-14-19(20)27-16-24-26-23(27)30-21(17-10-4-2-5-11-17)22(28)25-18-12-6-3-7-13-18/h2-16,21H,1H3,(H,25,28)/t21-/m1/s1. The van der Waals surface area contributed by atoms with Crippen LogP contribution in [0, 0.1) is 0 Å². The number of carbonyl (C=O) groups excluding carboxylic acids is 1. The first kappa shape index (κ1) is 19.7. The number of aromatic nitrogens is 3. The highest BCUT2D eigenvalue weighted by molar-refractivity contribution is 8.00. The fourth-order valence-corrected chi connectivity index (χ4v) is 4.06. The molecular formula is C23H20N4O2S. The van der Waals surface area contributed by atoms with Crippen LogP contribution in [0.3, 0.4) is 0 Å². The fourth-order valence-electron chi connectivity index (χ4n) is 3.03. The van der Waals surface area contributed by atoms with Crippen LogP contribution in [0.2, 0.25) is 0 Å². The van der Waals surface area contributed by atoms with Gasteiger partial charge in [-0.1, -0.05) is 72.4 Å². The molecule has 6 nitrogen and oxygen atoms in total. The summed E-state index contributed by atoms with van der Waals surface area (Å²) in [6, 6.07) is 26.7. The number of rotatable bonds is 7. The smallest absolute Gasteiger partial charge is 0.242 e. The third-order valence-electron chi connectivity index (χ3n) is 4.47. The van der Waals surface area contributed by atoms with Crippen molar-refractivity contribution in [3.8, 4) is 11.4 Å². The van der Waals surface area contributed by atoms with Crippen molar-refractivity contribution in [3.63, 3.8) is 0 Å². The molecule has 0 bridgehead atoms. The summed E-state index contributed by atoms with van der Waals surface area (Å²) < 4.78 is 7.30. The molecule has 3 aromatic carbocycles. The van der Waals surface area contributed by atoms with Gasteiger partial charge >= 0.3 is 0 Å². The third kappa shape index (κ3) is 4.36. The maximum absolute atomic E-state index is 13.2. The maximum Gasteiger partial charge on any atom is 0.242 e. The van der Waals surface area contributed by atoms with Crippen molar-refractivity contribution in [2.75, 3.05) is 12.4 Å². The zero-order valence-electron chi connectivity index (χ0n) is 16.3. The summed E-state index contributed by atoms with van der Waals surface area (Å²) >= 11 is 1.34. The minimum atomic E-state index is -0.510. The Morgan fingerprint density at radius 1 is 0.967 bits per heavy atom. The Kier molecular flexibility index (Phi) is 6.10. The number of para-hydroxylation sites is 3. The maximum atomic E-state index is 13.2. The number of benzene rings is 3. The lowest BCUT2D eigenvalue weighted by Crippen LogP contribution is -2.19. The number of nitrogens with zero attached hydrogens (tertiary/aromatic N) is 3. The monoisotopic (exact) mass is 416 g/mol. The van der Waals surface area contributed by atoms with E-state index in [1.165, 1.54) is 11.8 Å². The van der Waals surface area contributed by atoms with Crippen LogP contribution in [-0.4, -0.2) is 27.8 Å². The molecule has 7 heteroatoms. The van der Waals surface area contributed by atoms with E-state index in [-0.39, 0.29) is 5.91 Å². The Labute approximate surface area is 178 Å². The number of anilines is 1. The van der Waals surface area contributed by atoms with Crippen LogP contribution in [0.5, 0.6) is 5.75 Å². The average molecular weight is 417 g/mol. The van der Waals surface area contributed by atoms with Crippen molar-refractivity contribution < 1.29 is 9.53 Å². The number of amides is 1. The van der Waals surface area contributed by atoms with Crippen molar-refractivity contribution in [2.24, 2.45) is 0 Å². The molecule has 1 aromatic heterocycles. The lowest BCUT2D eigenvalue weighted by molar-refractivity contribution is -0.115. The van der Waals surface area contributed by atoms with Crippen LogP contribution < -0.4 is 10.1 Å². The highest BCUT2D eigenvalue weighted by Gasteiger charge is 2.25. The van der Waals surface area contributed by atoms with Crippen LogP contribution >= 0.6 is 11.8 Å². The molecule has 30 heavy (non-hydrogen) atoms. The lowest BCUT2D eigenvalue weighted by Gasteiger charge is -2.17. The molecule has 0 fully saturated rings. The molecule has 0 radical (unpaired) electrons. The van der Waals surface area contributed by atoms with E-state index >= 15 is 0 Å². The molecule has 4 aromatic rings. The summed E-state index contributed by atoms with van der Waals surface area (Å²) in [6.07, 6.45) is 1.62. The van der Waals surface area contributed by atoms with Gasteiger partial charge in [0.15, 0.2) is 5.16 Å². The molecule has 0 aliphatic heterocycles. The molecule has 0 saturated carbocycles. The largest absolute Gasteiger partial charge is 0.495 e. The third-order valence-corrected chi connectivity index (χ3v) is 5.68. The van der Waals surface area contributed by atoms with Gasteiger partial charge in [-0.25, -0.2) is 0 Å². The molecule has 1 atom stereocenters. The van der Waals surface area contributed by atoms with Crippen LogP contribution in [0.15, 0.2) is 96.4 Å². The Hall–Kier alpha value is -3.58. The van der Waals surface area contributed by atoms with E-state index in [0.29, 0.717) is 10.9 Å². The first-order valence-electron chi connectivity index (χ1n) is 9.37. The number of ether oxygens (including phenoxy) is 1. The van der Waals surface area contributed by atoms with E-state index in [4.69, 9.17) is 4.74 Å². The van der Waals surface area contributed by atoms with Crippen molar-refractivity contribution >= 4 is 23.4 Å². The molecule has 1 amide bonds. The summed E-state index contributed by atoms with van der Waals surface area (Å²) in [6.45, 7) is 0. The first-order valence-corrected chi connectivity index (χ1v) is 10.2. The molecule has 0 unspecified atom stereocenters. The Balaban J connectivity index is 1.67. The van der Waals surface area contributed by atoms with Crippen molar-refractivity contribution in [3.05, 3.63) is 96.8 Å². The van der Waals surface area contributed by atoms with E-state index in [1.54, 1.807) is 13.4 Å². The minimum Gasteiger partial charge on any atom is -0.495 e. The highest BCUT2D eigenvalue weighted by atomic mass is 32.2. The van der Waals surface area contributed by atoms with Gasteiger partial charge in [-0.3, -0.25) is 9.36 Å². The van der Waals surface area contributed by atoms with Gasteiger partial charge in [0.25, 0.3) is 0 Å². The van der Waals surface area contributed by atoms with E-state index < -0.39 is 5.25 Å². The van der Waals surface area contributed by atoms with E-state index in [9.17, 15) is 4.79 Å². The second-order valence-corrected chi connectivity index (χ2v) is 7.49. The molecule has 1 N–H and O–H groups in total.